The zero-order valence-corrected chi connectivity index (χ0v) is 9.32. The van der Waals surface area contributed by atoms with E-state index in [1.54, 1.807) is 18.0 Å². The van der Waals surface area contributed by atoms with E-state index in [1.807, 2.05) is 27.0 Å². The van der Waals surface area contributed by atoms with E-state index in [9.17, 15) is 0 Å². The summed E-state index contributed by atoms with van der Waals surface area (Å²) in [4.78, 5) is 0. The number of methoxy groups -OCH3 is 1. The molecule has 0 aliphatic rings. The van der Waals surface area contributed by atoms with Gasteiger partial charge in [0, 0.05) is 26.4 Å². The highest BCUT2D eigenvalue weighted by atomic mass is 16.5. The molecule has 0 saturated heterocycles. The van der Waals surface area contributed by atoms with Gasteiger partial charge in [-0.05, 0) is 26.3 Å². The van der Waals surface area contributed by atoms with E-state index in [4.69, 9.17) is 10.5 Å². The maximum atomic E-state index is 6.06. The fraction of sp³-hybridized carbons (Fsp3) is 0.700. The zero-order valence-electron chi connectivity index (χ0n) is 9.32. The number of aryl methyl sites for hydroxylation is 1. The number of ether oxygens (including phenoxy) is 1. The van der Waals surface area contributed by atoms with Crippen LogP contribution in [0.2, 0.25) is 0 Å². The van der Waals surface area contributed by atoms with Crippen molar-refractivity contribution >= 4 is 0 Å². The van der Waals surface area contributed by atoms with Gasteiger partial charge >= 0.3 is 0 Å². The minimum atomic E-state index is -0.191. The predicted octanol–water partition coefficient (Wildman–Crippen LogP) is 1.24. The van der Waals surface area contributed by atoms with Gasteiger partial charge in [-0.15, -0.1) is 0 Å². The summed E-state index contributed by atoms with van der Waals surface area (Å²) in [6.45, 7) is 4.06. The fourth-order valence-corrected chi connectivity index (χ4v) is 1.47. The average Bonchev–Trinajstić information content (AvgIpc) is 2.51. The van der Waals surface area contributed by atoms with Gasteiger partial charge in [-0.25, -0.2) is 0 Å². The van der Waals surface area contributed by atoms with Crippen LogP contribution in [0, 0.1) is 0 Å². The van der Waals surface area contributed by atoms with Crippen LogP contribution in [-0.4, -0.2) is 22.5 Å². The van der Waals surface area contributed by atoms with Gasteiger partial charge < -0.3 is 10.5 Å². The Morgan fingerprint density at radius 3 is 2.71 bits per heavy atom. The second kappa shape index (κ2) is 4.11. The molecule has 0 radical (unpaired) electrons. The first-order valence-corrected chi connectivity index (χ1v) is 4.75. The van der Waals surface area contributed by atoms with Crippen LogP contribution in [0.3, 0.4) is 0 Å². The van der Waals surface area contributed by atoms with Crippen LogP contribution in [0.5, 0.6) is 0 Å². The summed E-state index contributed by atoms with van der Waals surface area (Å²) in [5, 5.41) is 4.09. The van der Waals surface area contributed by atoms with E-state index in [-0.39, 0.29) is 11.6 Å². The summed E-state index contributed by atoms with van der Waals surface area (Å²) in [5.41, 5.74) is 6.91. The molecule has 1 aromatic heterocycles. The molecule has 0 saturated carbocycles. The Morgan fingerprint density at radius 1 is 1.64 bits per heavy atom. The lowest BCUT2D eigenvalue weighted by Crippen LogP contribution is -2.29. The number of hydrogen-bond donors (Lipinski definition) is 1. The molecule has 1 unspecified atom stereocenters. The average molecular weight is 197 g/mol. The fourth-order valence-electron chi connectivity index (χ4n) is 1.47. The molecule has 2 N–H and O–H groups in total. The van der Waals surface area contributed by atoms with Gasteiger partial charge in [0.25, 0.3) is 0 Å². The molecule has 0 aromatic carbocycles. The monoisotopic (exact) mass is 197 g/mol. The maximum absolute atomic E-state index is 6.06. The molecule has 0 amide bonds. The highest BCUT2D eigenvalue weighted by Crippen LogP contribution is 2.23. The van der Waals surface area contributed by atoms with Crippen molar-refractivity contribution < 1.29 is 4.74 Å². The Hall–Kier alpha value is -0.870. The molecule has 0 spiro atoms. The van der Waals surface area contributed by atoms with Crippen LogP contribution >= 0.6 is 0 Å². The van der Waals surface area contributed by atoms with E-state index in [0.29, 0.717) is 0 Å². The third-order valence-electron chi connectivity index (χ3n) is 2.50. The van der Waals surface area contributed by atoms with Gasteiger partial charge in [-0.2, -0.15) is 5.10 Å². The normalized spacial score (nSPS) is 14.4. The summed E-state index contributed by atoms with van der Waals surface area (Å²) >= 11 is 0. The highest BCUT2D eigenvalue weighted by Gasteiger charge is 2.22. The minimum absolute atomic E-state index is 0.0301. The van der Waals surface area contributed by atoms with Crippen molar-refractivity contribution in [2.24, 2.45) is 12.8 Å². The zero-order chi connectivity index (χ0) is 10.8. The third kappa shape index (κ3) is 2.56. The SMILES string of the molecule is COC(C)(C)CC(N)c1ccnn1C. The van der Waals surface area contributed by atoms with E-state index >= 15 is 0 Å². The van der Waals surface area contributed by atoms with E-state index < -0.39 is 0 Å². The first-order chi connectivity index (χ1) is 6.46. The lowest BCUT2D eigenvalue weighted by atomic mass is 9.97. The van der Waals surface area contributed by atoms with Gasteiger partial charge in [0.15, 0.2) is 0 Å². The molecule has 14 heavy (non-hydrogen) atoms. The van der Waals surface area contributed by atoms with Crippen LogP contribution in [0.25, 0.3) is 0 Å². The Morgan fingerprint density at radius 2 is 2.29 bits per heavy atom. The van der Waals surface area contributed by atoms with Gasteiger partial charge in [0.2, 0.25) is 0 Å². The molecular weight excluding hydrogens is 178 g/mol. The lowest BCUT2D eigenvalue weighted by Gasteiger charge is -2.26. The topological polar surface area (TPSA) is 53.1 Å². The molecule has 0 aliphatic heterocycles. The number of hydrogen-bond acceptors (Lipinski definition) is 3. The van der Waals surface area contributed by atoms with Crippen molar-refractivity contribution in [1.82, 2.24) is 9.78 Å². The van der Waals surface area contributed by atoms with Crippen LogP contribution < -0.4 is 5.73 Å². The molecule has 1 heterocycles. The smallest absolute Gasteiger partial charge is 0.0641 e. The summed E-state index contributed by atoms with van der Waals surface area (Å²) in [5.74, 6) is 0. The minimum Gasteiger partial charge on any atom is -0.379 e. The molecule has 0 bridgehead atoms. The Labute approximate surface area is 85.0 Å². The van der Waals surface area contributed by atoms with Crippen molar-refractivity contribution in [3.63, 3.8) is 0 Å². The number of aromatic nitrogens is 2. The van der Waals surface area contributed by atoms with Crippen LogP contribution in [-0.2, 0) is 11.8 Å². The lowest BCUT2D eigenvalue weighted by molar-refractivity contribution is 0.00942. The van der Waals surface area contributed by atoms with Crippen molar-refractivity contribution in [2.75, 3.05) is 7.11 Å². The van der Waals surface area contributed by atoms with Gasteiger partial charge in [-0.3, -0.25) is 4.68 Å². The summed E-state index contributed by atoms with van der Waals surface area (Å²) in [6.07, 6.45) is 2.54. The van der Waals surface area contributed by atoms with E-state index in [2.05, 4.69) is 5.10 Å². The molecule has 4 heteroatoms. The van der Waals surface area contributed by atoms with Crippen molar-refractivity contribution in [3.05, 3.63) is 18.0 Å². The van der Waals surface area contributed by atoms with Gasteiger partial charge in [-0.1, -0.05) is 0 Å². The van der Waals surface area contributed by atoms with Gasteiger partial charge in [0.1, 0.15) is 0 Å². The summed E-state index contributed by atoms with van der Waals surface area (Å²) in [6, 6.07) is 1.91. The number of rotatable bonds is 4. The first kappa shape index (κ1) is 11.2. The summed E-state index contributed by atoms with van der Waals surface area (Å²) in [7, 11) is 3.60. The number of nitrogens with zero attached hydrogens (tertiary/aromatic N) is 2. The molecular formula is C10H19N3O. The molecule has 1 atom stereocenters. The van der Waals surface area contributed by atoms with Crippen LogP contribution in [0.4, 0.5) is 0 Å². The Bertz CT molecular complexity index is 293. The van der Waals surface area contributed by atoms with Crippen molar-refractivity contribution in [2.45, 2.75) is 31.9 Å². The first-order valence-electron chi connectivity index (χ1n) is 4.75. The Balaban J connectivity index is 2.68. The number of nitrogens with two attached hydrogens (primary N) is 1. The molecule has 1 rings (SSSR count). The standard InChI is InChI=1S/C10H19N3O/c1-10(2,14-4)7-8(11)9-5-6-12-13(9)3/h5-6,8H,7,11H2,1-4H3. The molecule has 80 valence electrons. The molecule has 0 fully saturated rings. The highest BCUT2D eigenvalue weighted by molar-refractivity contribution is 5.06. The maximum Gasteiger partial charge on any atom is 0.0641 e. The van der Waals surface area contributed by atoms with E-state index in [0.717, 1.165) is 12.1 Å². The van der Waals surface area contributed by atoms with Crippen molar-refractivity contribution in [3.8, 4) is 0 Å². The third-order valence-corrected chi connectivity index (χ3v) is 2.50. The predicted molar refractivity (Wildman–Crippen MR) is 55.8 cm³/mol. The van der Waals surface area contributed by atoms with Crippen molar-refractivity contribution in [1.29, 1.82) is 0 Å². The molecule has 1 aromatic rings. The van der Waals surface area contributed by atoms with Crippen LogP contribution in [0.1, 0.15) is 32.0 Å². The summed E-state index contributed by atoms with van der Waals surface area (Å²) < 4.78 is 7.14. The van der Waals surface area contributed by atoms with Crippen LogP contribution in [0.15, 0.2) is 12.3 Å². The second-order valence-electron chi connectivity index (χ2n) is 4.15. The molecule has 4 nitrogen and oxygen atoms in total. The molecule has 0 aliphatic carbocycles. The second-order valence-corrected chi connectivity index (χ2v) is 4.15. The Kier molecular flexibility index (Phi) is 3.29. The van der Waals surface area contributed by atoms with E-state index in [1.165, 1.54) is 0 Å². The largest absolute Gasteiger partial charge is 0.379 e. The quantitative estimate of drug-likeness (QED) is 0.790. The van der Waals surface area contributed by atoms with Gasteiger partial charge in [0.05, 0.1) is 11.3 Å².